The molecule has 152 valence electrons. The second-order valence-corrected chi connectivity index (χ2v) is 5.73. The van der Waals surface area contributed by atoms with Crippen LogP contribution in [0.4, 0.5) is 5.69 Å². The average Bonchev–Trinajstić information content (AvgIpc) is 2.75. The minimum absolute atomic E-state index is 0.233. The zero-order chi connectivity index (χ0) is 21.2. The van der Waals surface area contributed by atoms with Gasteiger partial charge >= 0.3 is 0 Å². The van der Waals surface area contributed by atoms with Crippen LogP contribution in [0.15, 0.2) is 48.5 Å². The molecule has 3 amide bonds. The SMILES string of the molecule is COc1ccc(OC)c(/C=C/C(=O)NCC(=O)Nc2ccc(C(=O)NO)cc2)c1. The lowest BCUT2D eigenvalue weighted by Crippen LogP contribution is -2.31. The molecule has 9 heteroatoms. The number of methoxy groups -OCH3 is 2. The van der Waals surface area contributed by atoms with Crippen molar-refractivity contribution in [2.45, 2.75) is 0 Å². The largest absolute Gasteiger partial charge is 0.497 e. The highest BCUT2D eigenvalue weighted by atomic mass is 16.5. The molecule has 0 radical (unpaired) electrons. The van der Waals surface area contributed by atoms with Crippen molar-refractivity contribution in [3.8, 4) is 11.5 Å². The Morgan fingerprint density at radius 3 is 2.38 bits per heavy atom. The van der Waals surface area contributed by atoms with Gasteiger partial charge in [0.1, 0.15) is 11.5 Å². The molecule has 0 saturated heterocycles. The van der Waals surface area contributed by atoms with Crippen LogP contribution in [0.25, 0.3) is 6.08 Å². The standard InChI is InChI=1S/C20H21N3O6/c1-28-16-8-9-17(29-2)14(11-16)5-10-18(24)21-12-19(25)22-15-6-3-13(4-7-15)20(26)23-27/h3-11,27H,12H2,1-2H3,(H,21,24)(H,22,25)(H,23,26)/b10-5+. The van der Waals surface area contributed by atoms with Gasteiger partial charge in [0.05, 0.1) is 20.8 Å². The summed E-state index contributed by atoms with van der Waals surface area (Å²) < 4.78 is 10.4. The van der Waals surface area contributed by atoms with E-state index in [-0.39, 0.29) is 12.1 Å². The minimum atomic E-state index is -0.658. The Hall–Kier alpha value is -3.85. The summed E-state index contributed by atoms with van der Waals surface area (Å²) in [6.45, 7) is -0.239. The smallest absolute Gasteiger partial charge is 0.274 e. The van der Waals surface area contributed by atoms with Crippen molar-refractivity contribution in [2.24, 2.45) is 0 Å². The van der Waals surface area contributed by atoms with Crippen molar-refractivity contribution in [2.75, 3.05) is 26.1 Å². The van der Waals surface area contributed by atoms with Crippen molar-refractivity contribution in [1.29, 1.82) is 0 Å². The van der Waals surface area contributed by atoms with E-state index in [1.54, 1.807) is 24.3 Å². The molecule has 0 heterocycles. The van der Waals surface area contributed by atoms with Crippen LogP contribution in [0.5, 0.6) is 11.5 Å². The van der Waals surface area contributed by atoms with E-state index < -0.39 is 17.7 Å². The third-order valence-corrected chi connectivity index (χ3v) is 3.81. The fraction of sp³-hybridized carbons (Fsp3) is 0.150. The van der Waals surface area contributed by atoms with Gasteiger partial charge in [-0.3, -0.25) is 19.6 Å². The van der Waals surface area contributed by atoms with Crippen LogP contribution in [-0.4, -0.2) is 43.7 Å². The van der Waals surface area contributed by atoms with Crippen LogP contribution in [-0.2, 0) is 9.59 Å². The molecule has 0 atom stereocenters. The predicted molar refractivity (Wildman–Crippen MR) is 106 cm³/mol. The highest BCUT2D eigenvalue weighted by molar-refractivity contribution is 5.98. The summed E-state index contributed by atoms with van der Waals surface area (Å²) in [5.74, 6) is -0.363. The molecule has 0 aromatic heterocycles. The lowest BCUT2D eigenvalue weighted by Gasteiger charge is -2.08. The van der Waals surface area contributed by atoms with Crippen LogP contribution < -0.4 is 25.6 Å². The highest BCUT2D eigenvalue weighted by Crippen LogP contribution is 2.24. The first-order valence-corrected chi connectivity index (χ1v) is 8.49. The molecule has 0 aliphatic rings. The van der Waals surface area contributed by atoms with Crippen molar-refractivity contribution in [3.63, 3.8) is 0 Å². The molecule has 9 nitrogen and oxygen atoms in total. The predicted octanol–water partition coefficient (Wildman–Crippen LogP) is 1.59. The summed E-state index contributed by atoms with van der Waals surface area (Å²) in [6, 6.07) is 11.0. The summed E-state index contributed by atoms with van der Waals surface area (Å²) in [5.41, 5.74) is 2.84. The van der Waals surface area contributed by atoms with Crippen molar-refractivity contribution in [1.82, 2.24) is 10.8 Å². The Bertz CT molecular complexity index is 909. The molecule has 0 unspecified atom stereocenters. The van der Waals surface area contributed by atoms with Crippen LogP contribution >= 0.6 is 0 Å². The van der Waals surface area contributed by atoms with Crippen LogP contribution in [0.2, 0.25) is 0 Å². The van der Waals surface area contributed by atoms with Gasteiger partial charge in [0.2, 0.25) is 11.8 Å². The van der Waals surface area contributed by atoms with E-state index in [9.17, 15) is 14.4 Å². The Labute approximate surface area is 167 Å². The number of nitrogens with one attached hydrogen (secondary N) is 3. The fourth-order valence-electron chi connectivity index (χ4n) is 2.34. The van der Waals surface area contributed by atoms with Gasteiger partial charge in [-0.2, -0.15) is 0 Å². The zero-order valence-electron chi connectivity index (χ0n) is 15.9. The Kier molecular flexibility index (Phi) is 7.75. The van der Waals surface area contributed by atoms with Crippen LogP contribution in [0.3, 0.4) is 0 Å². The maximum absolute atomic E-state index is 12.0. The molecular formula is C20H21N3O6. The molecule has 4 N–H and O–H groups in total. The van der Waals surface area contributed by atoms with Gasteiger partial charge in [0.15, 0.2) is 0 Å². The average molecular weight is 399 g/mol. The van der Waals surface area contributed by atoms with E-state index >= 15 is 0 Å². The molecule has 2 aromatic carbocycles. The van der Waals surface area contributed by atoms with Crippen molar-refractivity contribution in [3.05, 3.63) is 59.7 Å². The van der Waals surface area contributed by atoms with Gasteiger partial charge in [-0.1, -0.05) is 0 Å². The Balaban J connectivity index is 1.88. The van der Waals surface area contributed by atoms with E-state index in [1.807, 2.05) is 0 Å². The monoisotopic (exact) mass is 399 g/mol. The second-order valence-electron chi connectivity index (χ2n) is 5.73. The van der Waals surface area contributed by atoms with Gasteiger partial charge in [-0.15, -0.1) is 0 Å². The summed E-state index contributed by atoms with van der Waals surface area (Å²) in [5, 5.41) is 13.6. The summed E-state index contributed by atoms with van der Waals surface area (Å²) in [6.07, 6.45) is 2.84. The van der Waals surface area contributed by atoms with Gasteiger partial charge in [0, 0.05) is 22.9 Å². The van der Waals surface area contributed by atoms with Crippen molar-refractivity contribution >= 4 is 29.5 Å². The second kappa shape index (κ2) is 10.5. The molecular weight excluding hydrogens is 378 g/mol. The van der Waals surface area contributed by atoms with Gasteiger partial charge in [0.25, 0.3) is 5.91 Å². The number of amides is 3. The number of hydrogen-bond acceptors (Lipinski definition) is 6. The fourth-order valence-corrected chi connectivity index (χ4v) is 2.34. The number of ether oxygens (including phenoxy) is 2. The maximum Gasteiger partial charge on any atom is 0.274 e. The van der Waals surface area contributed by atoms with E-state index in [4.69, 9.17) is 14.7 Å². The normalized spacial score (nSPS) is 10.3. The summed E-state index contributed by atoms with van der Waals surface area (Å²) in [4.78, 5) is 35.2. The first kappa shape index (κ1) is 21.5. The number of benzene rings is 2. The Morgan fingerprint density at radius 2 is 1.76 bits per heavy atom. The van der Waals surface area contributed by atoms with E-state index in [0.717, 1.165) is 0 Å². The number of carbonyl (C=O) groups is 3. The molecule has 0 bridgehead atoms. The number of carbonyl (C=O) groups excluding carboxylic acids is 3. The number of anilines is 1. The molecule has 0 saturated carbocycles. The summed E-state index contributed by atoms with van der Waals surface area (Å²) >= 11 is 0. The molecule has 0 aliphatic carbocycles. The summed E-state index contributed by atoms with van der Waals surface area (Å²) in [7, 11) is 3.06. The molecule has 0 spiro atoms. The topological polar surface area (TPSA) is 126 Å². The lowest BCUT2D eigenvalue weighted by molar-refractivity contribution is -0.121. The van der Waals surface area contributed by atoms with Crippen LogP contribution in [0, 0.1) is 0 Å². The molecule has 0 aliphatic heterocycles. The third-order valence-electron chi connectivity index (χ3n) is 3.81. The Morgan fingerprint density at radius 1 is 1.03 bits per heavy atom. The van der Waals surface area contributed by atoms with Gasteiger partial charge < -0.3 is 20.1 Å². The minimum Gasteiger partial charge on any atom is -0.497 e. The highest BCUT2D eigenvalue weighted by Gasteiger charge is 2.07. The molecule has 2 aromatic rings. The maximum atomic E-state index is 12.0. The molecule has 0 fully saturated rings. The first-order valence-electron chi connectivity index (χ1n) is 8.49. The lowest BCUT2D eigenvalue weighted by atomic mass is 10.1. The molecule has 29 heavy (non-hydrogen) atoms. The van der Waals surface area contributed by atoms with Gasteiger partial charge in [-0.25, -0.2) is 5.48 Å². The van der Waals surface area contributed by atoms with Crippen LogP contribution in [0.1, 0.15) is 15.9 Å². The van der Waals surface area contributed by atoms with Crippen molar-refractivity contribution < 1.29 is 29.1 Å². The van der Waals surface area contributed by atoms with E-state index in [2.05, 4.69) is 10.6 Å². The quantitative estimate of drug-likeness (QED) is 0.303. The number of hydroxylamine groups is 1. The van der Waals surface area contributed by atoms with E-state index in [0.29, 0.717) is 22.7 Å². The molecule has 2 rings (SSSR count). The number of rotatable bonds is 8. The first-order chi connectivity index (χ1) is 14.0. The third kappa shape index (κ3) is 6.36. The zero-order valence-corrected chi connectivity index (χ0v) is 15.9. The van der Waals surface area contributed by atoms with E-state index in [1.165, 1.54) is 50.0 Å². The number of hydrogen-bond donors (Lipinski definition) is 4. The van der Waals surface area contributed by atoms with Gasteiger partial charge in [-0.05, 0) is 48.5 Å².